The molecule has 0 radical (unpaired) electrons. The molecule has 2 aromatic carbocycles. The van der Waals surface area contributed by atoms with E-state index in [9.17, 15) is 4.79 Å². The van der Waals surface area contributed by atoms with Gasteiger partial charge in [0.15, 0.2) is 29.6 Å². The highest BCUT2D eigenvalue weighted by atomic mass is 16.5. The van der Waals surface area contributed by atoms with E-state index in [0.717, 1.165) is 12.8 Å². The number of benzene rings is 2. The predicted octanol–water partition coefficient (Wildman–Crippen LogP) is 4.31. The third kappa shape index (κ3) is 5.69. The fraction of sp³-hybridized carbons (Fsp3) is 0.375. The van der Waals surface area contributed by atoms with Crippen molar-refractivity contribution in [1.29, 1.82) is 0 Å². The zero-order chi connectivity index (χ0) is 24.5. The van der Waals surface area contributed by atoms with E-state index < -0.39 is 5.97 Å². The summed E-state index contributed by atoms with van der Waals surface area (Å²) in [7, 11) is 6.05. The molecule has 0 fully saturated rings. The molecule has 1 heterocycles. The number of nitrogens with zero attached hydrogens (tertiary/aromatic N) is 2. The lowest BCUT2D eigenvalue weighted by Gasteiger charge is -2.12. The molecule has 3 aromatic rings. The minimum Gasteiger partial charge on any atom is -0.493 e. The number of unbranched alkanes of at least 4 members (excludes halogenated alkanes) is 1. The maximum absolute atomic E-state index is 12.5. The van der Waals surface area contributed by atoms with Crippen molar-refractivity contribution < 1.29 is 37.6 Å². The standard InChI is InChI=1S/C24H28N2O8/c1-6-7-10-32-17-9-8-15(11-18(17)28-2)24(27)33-14-21-25-26-23(34-21)16-12-19(29-3)22(31-5)20(13-16)30-4/h8-9,11-13H,6-7,10,14H2,1-5H3. The molecule has 10 heteroatoms. The highest BCUT2D eigenvalue weighted by Crippen LogP contribution is 2.40. The van der Waals surface area contributed by atoms with E-state index in [1.807, 2.05) is 0 Å². The minimum absolute atomic E-state index is 0.128. The molecule has 182 valence electrons. The Hall–Kier alpha value is -3.95. The number of carbonyl (C=O) groups excluding carboxylic acids is 1. The Morgan fingerprint density at radius 2 is 1.59 bits per heavy atom. The maximum Gasteiger partial charge on any atom is 0.338 e. The average Bonchev–Trinajstić information content (AvgIpc) is 3.35. The van der Waals surface area contributed by atoms with Crippen LogP contribution in [0.2, 0.25) is 0 Å². The molecule has 0 aliphatic carbocycles. The predicted molar refractivity (Wildman–Crippen MR) is 122 cm³/mol. The largest absolute Gasteiger partial charge is 0.493 e. The van der Waals surface area contributed by atoms with E-state index in [0.29, 0.717) is 46.5 Å². The van der Waals surface area contributed by atoms with Crippen molar-refractivity contribution in [1.82, 2.24) is 10.2 Å². The van der Waals surface area contributed by atoms with Crippen molar-refractivity contribution >= 4 is 5.97 Å². The van der Waals surface area contributed by atoms with Crippen molar-refractivity contribution in [3.63, 3.8) is 0 Å². The first-order valence-electron chi connectivity index (χ1n) is 10.6. The van der Waals surface area contributed by atoms with Crippen LogP contribution in [0.3, 0.4) is 0 Å². The van der Waals surface area contributed by atoms with Gasteiger partial charge in [0.1, 0.15) is 0 Å². The quantitative estimate of drug-likeness (QED) is 0.279. The highest BCUT2D eigenvalue weighted by Gasteiger charge is 2.19. The Balaban J connectivity index is 1.69. The second-order valence-electron chi connectivity index (χ2n) is 7.06. The number of aromatic nitrogens is 2. The molecule has 0 amide bonds. The van der Waals surface area contributed by atoms with E-state index in [1.165, 1.54) is 28.4 Å². The molecule has 1 aromatic heterocycles. The number of hydrogen-bond acceptors (Lipinski definition) is 10. The van der Waals surface area contributed by atoms with Gasteiger partial charge in [-0.2, -0.15) is 0 Å². The minimum atomic E-state index is -0.564. The third-order valence-electron chi connectivity index (χ3n) is 4.86. The van der Waals surface area contributed by atoms with Gasteiger partial charge >= 0.3 is 5.97 Å². The molecule has 0 aliphatic heterocycles. The van der Waals surface area contributed by atoms with Crippen molar-refractivity contribution in [2.24, 2.45) is 0 Å². The number of esters is 1. The molecule has 10 nitrogen and oxygen atoms in total. The molecule has 0 aliphatic rings. The van der Waals surface area contributed by atoms with Crippen molar-refractivity contribution in [3.05, 3.63) is 41.8 Å². The normalized spacial score (nSPS) is 10.5. The van der Waals surface area contributed by atoms with E-state index in [1.54, 1.807) is 30.3 Å². The number of methoxy groups -OCH3 is 4. The second-order valence-corrected chi connectivity index (χ2v) is 7.06. The number of rotatable bonds is 12. The summed E-state index contributed by atoms with van der Waals surface area (Å²) < 4.78 is 38.0. The first-order chi connectivity index (χ1) is 16.5. The monoisotopic (exact) mass is 472 g/mol. The smallest absolute Gasteiger partial charge is 0.338 e. The highest BCUT2D eigenvalue weighted by molar-refractivity contribution is 5.90. The van der Waals surface area contributed by atoms with Gasteiger partial charge in [-0.15, -0.1) is 10.2 Å². The van der Waals surface area contributed by atoms with E-state index in [4.69, 9.17) is 32.8 Å². The van der Waals surface area contributed by atoms with Gasteiger partial charge in [-0.05, 0) is 36.8 Å². The lowest BCUT2D eigenvalue weighted by Crippen LogP contribution is -2.06. The van der Waals surface area contributed by atoms with E-state index >= 15 is 0 Å². The molecule has 0 atom stereocenters. The van der Waals surface area contributed by atoms with Gasteiger partial charge in [-0.25, -0.2) is 4.79 Å². The van der Waals surface area contributed by atoms with Crippen LogP contribution in [0.4, 0.5) is 0 Å². The second kappa shape index (κ2) is 11.8. The van der Waals surface area contributed by atoms with Gasteiger partial charge in [0.25, 0.3) is 5.89 Å². The fourth-order valence-electron chi connectivity index (χ4n) is 3.08. The van der Waals surface area contributed by atoms with Crippen molar-refractivity contribution in [2.75, 3.05) is 35.0 Å². The molecule has 0 unspecified atom stereocenters. The topological polar surface area (TPSA) is 111 Å². The van der Waals surface area contributed by atoms with Crippen molar-refractivity contribution in [2.45, 2.75) is 26.4 Å². The Bertz CT molecular complexity index is 1090. The van der Waals surface area contributed by atoms with Gasteiger partial charge in [-0.3, -0.25) is 0 Å². The third-order valence-corrected chi connectivity index (χ3v) is 4.86. The van der Waals surface area contributed by atoms with Gasteiger partial charge in [-0.1, -0.05) is 13.3 Å². The molecule has 3 rings (SSSR count). The molecule has 0 N–H and O–H groups in total. The zero-order valence-electron chi connectivity index (χ0n) is 19.9. The van der Waals surface area contributed by atoms with E-state index in [-0.39, 0.29) is 18.4 Å². The zero-order valence-corrected chi connectivity index (χ0v) is 19.9. The number of carbonyl (C=O) groups is 1. The van der Waals surface area contributed by atoms with Gasteiger partial charge in [0.05, 0.1) is 40.6 Å². The Morgan fingerprint density at radius 3 is 2.21 bits per heavy atom. The molecule has 34 heavy (non-hydrogen) atoms. The van der Waals surface area contributed by atoms with Crippen LogP contribution in [0, 0.1) is 0 Å². The van der Waals surface area contributed by atoms with Crippen LogP contribution in [0.5, 0.6) is 28.7 Å². The molecule has 0 bridgehead atoms. The molecule has 0 spiro atoms. The molecule has 0 saturated heterocycles. The van der Waals surface area contributed by atoms with Crippen LogP contribution in [0.1, 0.15) is 36.0 Å². The maximum atomic E-state index is 12.5. The summed E-state index contributed by atoms with van der Waals surface area (Å²) in [5, 5.41) is 7.97. The first kappa shape index (κ1) is 24.7. The summed E-state index contributed by atoms with van der Waals surface area (Å²) in [6.45, 7) is 2.45. The Labute approximate surface area is 197 Å². The summed E-state index contributed by atoms with van der Waals surface area (Å²) in [6.07, 6.45) is 1.94. The van der Waals surface area contributed by atoms with Gasteiger partial charge < -0.3 is 32.8 Å². The van der Waals surface area contributed by atoms with Crippen LogP contribution < -0.4 is 23.7 Å². The van der Waals surface area contributed by atoms with Gasteiger partial charge in [0, 0.05) is 5.56 Å². The number of hydrogen-bond donors (Lipinski definition) is 0. The number of ether oxygens (including phenoxy) is 6. The van der Waals surface area contributed by atoms with Crippen LogP contribution in [0.15, 0.2) is 34.7 Å². The molecular weight excluding hydrogens is 444 g/mol. The van der Waals surface area contributed by atoms with Crippen LogP contribution in [0.25, 0.3) is 11.5 Å². The fourth-order valence-corrected chi connectivity index (χ4v) is 3.08. The summed E-state index contributed by atoms with van der Waals surface area (Å²) in [5.74, 6) is 2.13. The van der Waals surface area contributed by atoms with Gasteiger partial charge in [0.2, 0.25) is 11.6 Å². The first-order valence-corrected chi connectivity index (χ1v) is 10.6. The Kier molecular flexibility index (Phi) is 8.55. The molecular formula is C24H28N2O8. The average molecular weight is 472 g/mol. The summed E-state index contributed by atoms with van der Waals surface area (Å²) >= 11 is 0. The summed E-state index contributed by atoms with van der Waals surface area (Å²) in [5.41, 5.74) is 0.868. The van der Waals surface area contributed by atoms with Crippen LogP contribution in [-0.2, 0) is 11.3 Å². The van der Waals surface area contributed by atoms with Crippen molar-refractivity contribution in [3.8, 4) is 40.2 Å². The van der Waals surface area contributed by atoms with Crippen LogP contribution >= 0.6 is 0 Å². The Morgan fingerprint density at radius 1 is 0.882 bits per heavy atom. The molecule has 0 saturated carbocycles. The van der Waals surface area contributed by atoms with E-state index in [2.05, 4.69) is 17.1 Å². The lowest BCUT2D eigenvalue weighted by molar-refractivity contribution is 0.0438. The van der Waals surface area contributed by atoms with Crippen LogP contribution in [-0.4, -0.2) is 51.2 Å². The summed E-state index contributed by atoms with van der Waals surface area (Å²) in [4.78, 5) is 12.5. The lowest BCUT2D eigenvalue weighted by atomic mass is 10.2. The SMILES string of the molecule is CCCCOc1ccc(C(=O)OCc2nnc(-c3cc(OC)c(OC)c(OC)c3)o2)cc1OC. The summed E-state index contributed by atoms with van der Waals surface area (Å²) in [6, 6.07) is 8.22.